The molecule has 0 fully saturated rings. The summed E-state index contributed by atoms with van der Waals surface area (Å²) in [6, 6.07) is 22.1. The second kappa shape index (κ2) is 42.0. The van der Waals surface area contributed by atoms with Crippen LogP contribution in [0.2, 0.25) is 0 Å². The van der Waals surface area contributed by atoms with Gasteiger partial charge in [0.2, 0.25) is 0 Å². The largest absolute Gasteiger partial charge is 1.00 e. The number of hydrogen-bond donors (Lipinski definition) is 4. The predicted molar refractivity (Wildman–Crippen MR) is 220 cm³/mol. The van der Waals surface area contributed by atoms with Crippen LogP contribution in [-0.4, -0.2) is 55.9 Å². The molecule has 3 rings (SSSR count). The van der Waals surface area contributed by atoms with E-state index in [1.165, 1.54) is 16.7 Å². The van der Waals surface area contributed by atoms with Crippen molar-refractivity contribution in [3.05, 3.63) is 101 Å². The third-order valence-corrected chi connectivity index (χ3v) is 7.95. The van der Waals surface area contributed by atoms with Crippen LogP contribution in [0, 0.1) is 100.0 Å². The van der Waals surface area contributed by atoms with Crippen LogP contribution < -0.4 is 66.1 Å². The van der Waals surface area contributed by atoms with Crippen LogP contribution in [0.5, 0.6) is 17.2 Å². The van der Waals surface area contributed by atoms with Crippen molar-refractivity contribution < 1.29 is 157 Å². The van der Waals surface area contributed by atoms with E-state index in [-0.39, 0.29) is 147 Å². The van der Waals surface area contributed by atoms with Gasteiger partial charge in [0.15, 0.2) is 0 Å². The zero-order chi connectivity index (χ0) is 41.8. The fourth-order valence-electron chi connectivity index (χ4n) is 4.40. The van der Waals surface area contributed by atoms with Crippen molar-refractivity contribution in [3.8, 4) is 17.2 Å². The third kappa shape index (κ3) is 34.3. The zero-order valence-corrected chi connectivity index (χ0v) is 48.2. The van der Waals surface area contributed by atoms with Crippen LogP contribution in [0.1, 0.15) is 115 Å². The van der Waals surface area contributed by atoms with E-state index in [1.54, 1.807) is 21.3 Å². The number of rotatable bonds is 15. The quantitative estimate of drug-likeness (QED) is 0.149. The summed E-state index contributed by atoms with van der Waals surface area (Å²) in [4.78, 5) is 20.0. The van der Waals surface area contributed by atoms with Crippen LogP contribution in [-0.2, 0) is 9.59 Å². The van der Waals surface area contributed by atoms with Crippen molar-refractivity contribution in [1.82, 2.24) is 0 Å². The first-order chi connectivity index (χ1) is 25.4. The number of hydrogen-bond acceptors (Lipinski definition) is 10. The average molecular weight is 1250 g/mol. The molecule has 5 atom stereocenters. The number of carboxylic acids is 2. The minimum atomic E-state index is -1.27. The number of carbonyl (C=O) groups is 2. The van der Waals surface area contributed by atoms with Gasteiger partial charge >= 0.3 is 29.6 Å². The van der Waals surface area contributed by atoms with Crippen molar-refractivity contribution in [2.45, 2.75) is 111 Å². The van der Waals surface area contributed by atoms with E-state index in [0.717, 1.165) is 36.5 Å². The number of carbonyl (C=O) groups excluding carboxylic acids is 1. The maximum Gasteiger partial charge on any atom is 1.00 e. The van der Waals surface area contributed by atoms with Crippen LogP contribution >= 0.6 is 0 Å². The third-order valence-electron chi connectivity index (χ3n) is 7.95. The van der Waals surface area contributed by atoms with Gasteiger partial charge < -0.3 is 63.4 Å². The monoisotopic (exact) mass is 1250 g/mol. The van der Waals surface area contributed by atoms with E-state index in [0.29, 0.717) is 18.8 Å². The molecule has 2 radical (unpaired) electrons. The smallest absolute Gasteiger partial charge is 0.870 e. The molecule has 16 heteroatoms. The van der Waals surface area contributed by atoms with Gasteiger partial charge in [-0.05, 0) is 90.2 Å². The Bertz CT molecular complexity index is 1240. The maximum absolute atomic E-state index is 10.0. The summed E-state index contributed by atoms with van der Waals surface area (Å²) in [5.41, 5.74) is 34.9. The van der Waals surface area contributed by atoms with E-state index in [1.807, 2.05) is 100 Å². The summed E-state index contributed by atoms with van der Waals surface area (Å²) in [6.07, 6.45) is 3.71. The number of methoxy groups -OCH3 is 3. The van der Waals surface area contributed by atoms with Crippen molar-refractivity contribution in [2.24, 2.45) is 29.0 Å². The molecular formula is C42H69Ac2N5NaO8-3. The van der Waals surface area contributed by atoms with Crippen molar-refractivity contribution in [1.29, 1.82) is 0 Å². The normalized spacial score (nSPS) is 12.1. The molecule has 5 unspecified atom stereocenters. The summed E-state index contributed by atoms with van der Waals surface area (Å²) < 4.78 is 15.1. The molecule has 0 aliphatic heterocycles. The number of carboxylic acid groups (broad SMARTS) is 2. The maximum atomic E-state index is 10.0. The first-order valence-corrected chi connectivity index (χ1v) is 18.4. The molecule has 0 spiro atoms. The van der Waals surface area contributed by atoms with E-state index in [9.17, 15) is 14.7 Å². The molecule has 0 saturated heterocycles. The minimum Gasteiger partial charge on any atom is -0.870 e. The molecule has 3 aromatic rings. The molecule has 0 aromatic heterocycles. The van der Waals surface area contributed by atoms with E-state index in [2.05, 4.69) is 20.8 Å². The van der Waals surface area contributed by atoms with Gasteiger partial charge in [-0.25, -0.2) is 0 Å². The Morgan fingerprint density at radius 1 is 0.586 bits per heavy atom. The molecule has 10 N–H and O–H groups in total. The standard InChI is InChI=1S/3C10H15NO.2C6H12NO2.2Ac.Na.H2O/c3*1-3-10(11)8-4-6-9(12-2)7-5-8;2*1-4(2)3-5(7)6(8)9;;;;/h3*4-7,10H,3,11H2,1-2H3;2*4-5,7H,3H2,1-2H3,(H,8,9);;;;1H2/q;;;2*-1;;;+1;/p-2. The van der Waals surface area contributed by atoms with E-state index in [4.69, 9.17) is 48.0 Å². The summed E-state index contributed by atoms with van der Waals surface area (Å²) in [6.45, 7) is 13.8. The zero-order valence-electron chi connectivity index (χ0n) is 36.7. The molecule has 58 heavy (non-hydrogen) atoms. The number of aliphatic carboxylic acids is 2. The van der Waals surface area contributed by atoms with Crippen molar-refractivity contribution >= 4 is 11.9 Å². The van der Waals surface area contributed by atoms with E-state index >= 15 is 0 Å². The molecule has 0 aliphatic rings. The number of benzene rings is 3. The second-order valence-corrected chi connectivity index (χ2v) is 13.4. The number of nitrogens with two attached hydrogens (primary N) is 3. The van der Waals surface area contributed by atoms with Crippen LogP contribution in [0.15, 0.2) is 72.8 Å². The van der Waals surface area contributed by atoms with Crippen molar-refractivity contribution in [2.75, 3.05) is 21.3 Å². The Morgan fingerprint density at radius 2 is 0.810 bits per heavy atom. The first-order valence-electron chi connectivity index (χ1n) is 18.4. The minimum absolute atomic E-state index is 0. The number of ether oxygens (including phenoxy) is 3. The van der Waals surface area contributed by atoms with Crippen LogP contribution in [0.4, 0.5) is 0 Å². The van der Waals surface area contributed by atoms with Crippen molar-refractivity contribution in [3.63, 3.8) is 0 Å². The van der Waals surface area contributed by atoms with Gasteiger partial charge in [0.05, 0.1) is 21.3 Å². The summed E-state index contributed by atoms with van der Waals surface area (Å²) in [5.74, 6) is 0.882. The Hall–Kier alpha value is -0.357. The van der Waals surface area contributed by atoms with Crippen LogP contribution in [0.25, 0.3) is 11.5 Å². The Balaban J connectivity index is -0.000000144. The van der Waals surface area contributed by atoms with Gasteiger partial charge in [0.1, 0.15) is 17.2 Å². The molecule has 0 bridgehead atoms. The fraction of sp³-hybridized carbons (Fsp3) is 0.524. The SMILES string of the molecule is CC(C)CC([NH-])C(=O)O.CC(C)CC([NH-])C(=O)[O-].CCC(N)c1ccc(OC)cc1.CCC(N)c1ccc(OC)cc1.CCC(N)c1ccc(OC)cc1.[Ac].[Ac].[Na+].[OH-]. The average Bonchev–Trinajstić information content (AvgIpc) is 3.17. The van der Waals surface area contributed by atoms with Gasteiger partial charge in [-0.3, -0.25) is 4.79 Å². The predicted octanol–water partition coefficient (Wildman–Crippen LogP) is 4.88. The fourth-order valence-corrected chi connectivity index (χ4v) is 4.40. The molecule has 13 nitrogen and oxygen atoms in total. The first kappa shape index (κ1) is 69.3. The van der Waals surface area contributed by atoms with Gasteiger partial charge in [0, 0.05) is 112 Å². The molecule has 0 heterocycles. The Labute approximate surface area is 442 Å². The second-order valence-electron chi connectivity index (χ2n) is 13.4. The molecule has 320 valence electrons. The molecule has 0 amide bonds. The van der Waals surface area contributed by atoms with Crippen LogP contribution in [0.3, 0.4) is 0 Å². The van der Waals surface area contributed by atoms with E-state index < -0.39 is 24.0 Å². The van der Waals surface area contributed by atoms with Gasteiger partial charge in [0.25, 0.3) is 5.97 Å². The molecule has 0 aliphatic carbocycles. The van der Waals surface area contributed by atoms with Gasteiger partial charge in [-0.1, -0.05) is 104 Å². The summed E-state index contributed by atoms with van der Waals surface area (Å²) in [7, 11) is 4.98. The Kier molecular flexibility index (Phi) is 50.2. The van der Waals surface area contributed by atoms with Gasteiger partial charge in [-0.2, -0.15) is 0 Å². The molecule has 0 saturated carbocycles. The topological polar surface area (TPSA) is 261 Å². The summed E-state index contributed by atoms with van der Waals surface area (Å²) >= 11 is 0. The van der Waals surface area contributed by atoms with Gasteiger partial charge in [-0.15, -0.1) is 0 Å². The molecule has 3 aromatic carbocycles. The summed E-state index contributed by atoms with van der Waals surface area (Å²) in [5, 5.41) is 18.2. The number of nitrogens with one attached hydrogen (secondary N) is 2. The molecular weight excluding hydrogens is 1180 g/mol. The Morgan fingerprint density at radius 3 is 0.931 bits per heavy atom.